The lowest BCUT2D eigenvalue weighted by molar-refractivity contribution is 0.342. The van der Waals surface area contributed by atoms with E-state index in [1.54, 1.807) is 0 Å². The standard InChI is InChI=1S/C20H17Br3OSi/c21-20(22,23)16-24-25(17-10-4-1-5-11-17,18-12-6-2-7-13-18)19-14-8-3-9-15-19/h1-15H,16H2. The Kier molecular flexibility index (Phi) is 6.33. The van der Waals surface area contributed by atoms with Gasteiger partial charge in [-0.25, -0.2) is 0 Å². The van der Waals surface area contributed by atoms with Gasteiger partial charge in [0.1, 0.15) is 0 Å². The van der Waals surface area contributed by atoms with E-state index in [2.05, 4.69) is 121 Å². The first-order valence-corrected chi connectivity index (χ1v) is 12.2. The topological polar surface area (TPSA) is 9.23 Å². The predicted octanol–water partition coefficient (Wildman–Crippen LogP) is 4.51. The molecule has 3 rings (SSSR count). The Morgan fingerprint density at radius 1 is 0.600 bits per heavy atom. The van der Waals surface area contributed by atoms with E-state index in [9.17, 15) is 0 Å². The molecule has 0 radical (unpaired) electrons. The zero-order chi connectivity index (χ0) is 17.8. The van der Waals surface area contributed by atoms with Crippen LogP contribution in [0.2, 0.25) is 0 Å². The smallest absolute Gasteiger partial charge is 0.288 e. The largest absolute Gasteiger partial charge is 0.401 e. The lowest BCUT2D eigenvalue weighted by Gasteiger charge is -2.34. The lowest BCUT2D eigenvalue weighted by atomic mass is 10.3. The van der Waals surface area contributed by atoms with Crippen molar-refractivity contribution < 1.29 is 4.43 Å². The molecule has 0 aliphatic carbocycles. The van der Waals surface area contributed by atoms with Crippen LogP contribution in [0.4, 0.5) is 0 Å². The molecule has 0 atom stereocenters. The quantitative estimate of drug-likeness (QED) is 0.263. The molecule has 0 N–H and O–H groups in total. The summed E-state index contributed by atoms with van der Waals surface area (Å²) in [6.45, 7) is 0.470. The van der Waals surface area contributed by atoms with E-state index in [0.29, 0.717) is 6.61 Å². The molecule has 128 valence electrons. The summed E-state index contributed by atoms with van der Waals surface area (Å²) in [5.74, 6) is 0. The van der Waals surface area contributed by atoms with Gasteiger partial charge in [0.15, 0.2) is 2.14 Å². The van der Waals surface area contributed by atoms with E-state index in [1.165, 1.54) is 15.6 Å². The van der Waals surface area contributed by atoms with Crippen LogP contribution in [0.15, 0.2) is 91.0 Å². The zero-order valence-corrected chi connectivity index (χ0v) is 19.2. The monoisotopic (exact) mass is 538 g/mol. The van der Waals surface area contributed by atoms with Crippen molar-refractivity contribution in [2.24, 2.45) is 0 Å². The van der Waals surface area contributed by atoms with Crippen molar-refractivity contribution >= 4 is 71.7 Å². The number of benzene rings is 3. The van der Waals surface area contributed by atoms with Gasteiger partial charge in [-0.1, -0.05) is 139 Å². The van der Waals surface area contributed by atoms with E-state index >= 15 is 0 Å². The lowest BCUT2D eigenvalue weighted by Crippen LogP contribution is -2.69. The molecule has 0 saturated carbocycles. The second-order valence-corrected chi connectivity index (χ2v) is 16.3. The Morgan fingerprint density at radius 2 is 0.920 bits per heavy atom. The summed E-state index contributed by atoms with van der Waals surface area (Å²) >= 11 is 10.7. The molecular weight excluding hydrogens is 524 g/mol. The fourth-order valence-electron chi connectivity index (χ4n) is 2.96. The van der Waals surface area contributed by atoms with Crippen LogP contribution in [0, 0.1) is 0 Å². The van der Waals surface area contributed by atoms with Crippen LogP contribution >= 0.6 is 47.8 Å². The van der Waals surface area contributed by atoms with Crippen LogP contribution in [-0.2, 0) is 4.43 Å². The van der Waals surface area contributed by atoms with Crippen LogP contribution in [0.3, 0.4) is 0 Å². The molecule has 3 aromatic rings. The molecular formula is C20H17Br3OSi. The van der Waals surface area contributed by atoms with Gasteiger partial charge in [0.2, 0.25) is 0 Å². The van der Waals surface area contributed by atoms with Crippen molar-refractivity contribution in [1.29, 1.82) is 0 Å². The van der Waals surface area contributed by atoms with Gasteiger partial charge in [-0.3, -0.25) is 0 Å². The molecule has 25 heavy (non-hydrogen) atoms. The molecule has 0 bridgehead atoms. The van der Waals surface area contributed by atoms with E-state index in [0.717, 1.165) is 0 Å². The van der Waals surface area contributed by atoms with Crippen LogP contribution in [0.25, 0.3) is 0 Å². The molecule has 0 unspecified atom stereocenters. The Morgan fingerprint density at radius 3 is 1.20 bits per heavy atom. The summed E-state index contributed by atoms with van der Waals surface area (Å²) in [6, 6.07) is 31.6. The first kappa shape index (κ1) is 19.0. The minimum absolute atomic E-state index is 0.455. The first-order valence-electron chi connectivity index (χ1n) is 7.90. The summed E-state index contributed by atoms with van der Waals surface area (Å²) < 4.78 is 6.30. The molecule has 0 aliphatic rings. The molecule has 0 amide bonds. The van der Waals surface area contributed by atoms with Gasteiger partial charge in [0.05, 0.1) is 6.61 Å². The number of rotatable bonds is 5. The van der Waals surface area contributed by atoms with Gasteiger partial charge in [-0.15, -0.1) is 0 Å². The zero-order valence-electron chi connectivity index (χ0n) is 13.4. The second kappa shape index (κ2) is 8.31. The van der Waals surface area contributed by atoms with Gasteiger partial charge in [-0.05, 0) is 15.6 Å². The SMILES string of the molecule is BrC(Br)(Br)CO[Si](c1ccccc1)(c1ccccc1)c1ccccc1. The third-order valence-corrected chi connectivity index (χ3v) is 8.70. The fraction of sp³-hybridized carbons (Fsp3) is 0.100. The highest BCUT2D eigenvalue weighted by Gasteiger charge is 2.43. The maximum atomic E-state index is 6.75. The molecule has 0 fully saturated rings. The van der Waals surface area contributed by atoms with Crippen LogP contribution in [0.5, 0.6) is 0 Å². The molecule has 0 aliphatic heterocycles. The summed E-state index contributed by atoms with van der Waals surface area (Å²) in [5.41, 5.74) is 0. The van der Waals surface area contributed by atoms with Gasteiger partial charge < -0.3 is 4.43 Å². The molecule has 5 heteroatoms. The van der Waals surface area contributed by atoms with Gasteiger partial charge in [0, 0.05) is 0 Å². The van der Waals surface area contributed by atoms with E-state index in [-0.39, 0.29) is 0 Å². The molecule has 0 spiro atoms. The molecule has 3 aromatic carbocycles. The third kappa shape index (κ3) is 4.52. The maximum absolute atomic E-state index is 6.75. The molecule has 1 nitrogen and oxygen atoms in total. The summed E-state index contributed by atoms with van der Waals surface area (Å²) in [7, 11) is -2.62. The summed E-state index contributed by atoms with van der Waals surface area (Å²) in [4.78, 5) is 0. The minimum atomic E-state index is -2.62. The van der Waals surface area contributed by atoms with Crippen molar-refractivity contribution in [2.75, 3.05) is 6.61 Å². The van der Waals surface area contributed by atoms with E-state index in [4.69, 9.17) is 4.43 Å². The average molecular weight is 541 g/mol. The van der Waals surface area contributed by atoms with Crippen molar-refractivity contribution in [3.63, 3.8) is 0 Å². The van der Waals surface area contributed by atoms with Crippen LogP contribution in [0.1, 0.15) is 0 Å². The van der Waals surface area contributed by atoms with E-state index < -0.39 is 10.5 Å². The highest BCUT2D eigenvalue weighted by atomic mass is 80.0. The van der Waals surface area contributed by atoms with Crippen molar-refractivity contribution in [3.8, 4) is 0 Å². The number of alkyl halides is 3. The molecule has 0 saturated heterocycles. The first-order chi connectivity index (χ1) is 12.0. The van der Waals surface area contributed by atoms with Gasteiger partial charge in [0.25, 0.3) is 8.32 Å². The Hall–Kier alpha value is -0.723. The van der Waals surface area contributed by atoms with Crippen molar-refractivity contribution in [2.45, 2.75) is 2.14 Å². The second-order valence-electron chi connectivity index (χ2n) is 5.68. The number of hydrogen-bond acceptors (Lipinski definition) is 1. The van der Waals surface area contributed by atoms with Gasteiger partial charge in [-0.2, -0.15) is 0 Å². The van der Waals surface area contributed by atoms with Crippen LogP contribution in [-0.4, -0.2) is 17.1 Å². The Bertz CT molecular complexity index is 693. The van der Waals surface area contributed by atoms with Gasteiger partial charge >= 0.3 is 0 Å². The predicted molar refractivity (Wildman–Crippen MR) is 119 cm³/mol. The Balaban J connectivity index is 2.24. The Labute approximate surface area is 174 Å². The average Bonchev–Trinajstić information content (AvgIpc) is 2.64. The summed E-state index contributed by atoms with van der Waals surface area (Å²) in [5, 5.41) is 3.68. The number of hydrogen-bond donors (Lipinski definition) is 0. The number of halogens is 3. The maximum Gasteiger partial charge on any atom is 0.288 e. The molecule has 0 heterocycles. The third-order valence-electron chi connectivity index (χ3n) is 3.99. The summed E-state index contributed by atoms with van der Waals surface area (Å²) in [6.07, 6.45) is 0. The highest BCUT2D eigenvalue weighted by molar-refractivity contribution is 9.39. The highest BCUT2D eigenvalue weighted by Crippen LogP contribution is 2.34. The van der Waals surface area contributed by atoms with Crippen molar-refractivity contribution in [1.82, 2.24) is 0 Å². The van der Waals surface area contributed by atoms with Crippen LogP contribution < -0.4 is 15.6 Å². The molecule has 0 aromatic heterocycles. The van der Waals surface area contributed by atoms with Crippen molar-refractivity contribution in [3.05, 3.63) is 91.0 Å². The van der Waals surface area contributed by atoms with E-state index in [1.807, 2.05) is 18.2 Å². The minimum Gasteiger partial charge on any atom is -0.401 e. The fourth-order valence-corrected chi connectivity index (χ4v) is 7.85. The normalized spacial score (nSPS) is 12.1.